The van der Waals surface area contributed by atoms with Gasteiger partial charge in [-0.2, -0.15) is 0 Å². The lowest BCUT2D eigenvalue weighted by Gasteiger charge is -2.03. The fourth-order valence-electron chi connectivity index (χ4n) is 2.13. The number of hydrogen-bond donors (Lipinski definition) is 1. The van der Waals surface area contributed by atoms with Crippen LogP contribution in [-0.4, -0.2) is 11.0 Å². The third-order valence-electron chi connectivity index (χ3n) is 2.94. The van der Waals surface area contributed by atoms with Gasteiger partial charge in [-0.1, -0.05) is 25.1 Å². The van der Waals surface area contributed by atoms with Gasteiger partial charge in [0.05, 0.1) is 0 Å². The number of carboxylic acid groups (broad SMARTS) is 1. The van der Waals surface area contributed by atoms with Crippen molar-refractivity contribution in [1.82, 2.24) is 4.98 Å². The first kappa shape index (κ1) is 10.7. The molecule has 0 radical (unpaired) electrons. The molecule has 0 spiro atoms. The summed E-state index contributed by atoms with van der Waals surface area (Å²) < 4.78 is 0. The lowest BCUT2D eigenvalue weighted by molar-refractivity contribution is -0.304. The molecule has 3 nitrogen and oxygen atoms in total. The zero-order valence-corrected chi connectivity index (χ0v) is 9.46. The molecular formula is C13H14NO2-. The van der Waals surface area contributed by atoms with Crippen LogP contribution in [0.2, 0.25) is 0 Å². The molecule has 3 heteroatoms. The van der Waals surface area contributed by atoms with Gasteiger partial charge in [-0.15, -0.1) is 0 Å². The van der Waals surface area contributed by atoms with Crippen LogP contribution < -0.4 is 5.11 Å². The number of aromatic nitrogens is 1. The van der Waals surface area contributed by atoms with Crippen LogP contribution in [0.4, 0.5) is 0 Å². The maximum atomic E-state index is 10.7. The van der Waals surface area contributed by atoms with E-state index in [9.17, 15) is 9.90 Å². The molecule has 0 fully saturated rings. The van der Waals surface area contributed by atoms with Gasteiger partial charge < -0.3 is 14.9 Å². The second-order valence-corrected chi connectivity index (χ2v) is 3.97. The van der Waals surface area contributed by atoms with Gasteiger partial charge in [0.1, 0.15) is 0 Å². The van der Waals surface area contributed by atoms with Crippen LogP contribution in [0.25, 0.3) is 10.9 Å². The van der Waals surface area contributed by atoms with E-state index in [0.717, 1.165) is 28.6 Å². The Morgan fingerprint density at radius 1 is 1.44 bits per heavy atom. The molecular weight excluding hydrogens is 202 g/mol. The van der Waals surface area contributed by atoms with E-state index in [1.54, 1.807) is 0 Å². The Balaban J connectivity index is 2.66. The van der Waals surface area contributed by atoms with Crippen LogP contribution in [0.3, 0.4) is 0 Å². The number of hydrogen-bond acceptors (Lipinski definition) is 2. The van der Waals surface area contributed by atoms with Crippen LogP contribution in [0.15, 0.2) is 18.2 Å². The van der Waals surface area contributed by atoms with Gasteiger partial charge in [-0.05, 0) is 24.5 Å². The van der Waals surface area contributed by atoms with Gasteiger partial charge in [0.2, 0.25) is 0 Å². The quantitative estimate of drug-likeness (QED) is 0.841. The maximum absolute atomic E-state index is 10.7. The molecule has 0 atom stereocenters. The van der Waals surface area contributed by atoms with Gasteiger partial charge in [0.15, 0.2) is 0 Å². The van der Waals surface area contributed by atoms with Crippen molar-refractivity contribution in [2.45, 2.75) is 26.7 Å². The molecule has 0 saturated carbocycles. The van der Waals surface area contributed by atoms with E-state index in [1.807, 2.05) is 19.1 Å². The van der Waals surface area contributed by atoms with Crippen LogP contribution in [-0.2, 0) is 17.6 Å². The Labute approximate surface area is 94.1 Å². The molecule has 1 aromatic carbocycles. The lowest BCUT2D eigenvalue weighted by atomic mass is 10.0. The Bertz CT molecular complexity index is 540. The van der Waals surface area contributed by atoms with Crippen molar-refractivity contribution < 1.29 is 9.90 Å². The van der Waals surface area contributed by atoms with Crippen LogP contribution in [0.1, 0.15) is 23.7 Å². The minimum absolute atomic E-state index is 0.0288. The Kier molecular flexibility index (Phi) is 2.69. The number of carboxylic acids is 1. The highest BCUT2D eigenvalue weighted by atomic mass is 16.4. The van der Waals surface area contributed by atoms with Gasteiger partial charge >= 0.3 is 0 Å². The molecule has 0 saturated heterocycles. The van der Waals surface area contributed by atoms with Gasteiger partial charge in [0.25, 0.3) is 0 Å². The first-order chi connectivity index (χ1) is 7.63. The molecule has 1 aromatic heterocycles. The number of benzene rings is 1. The van der Waals surface area contributed by atoms with Crippen LogP contribution in [0.5, 0.6) is 0 Å². The number of aromatic amines is 1. The van der Waals surface area contributed by atoms with E-state index in [0.29, 0.717) is 0 Å². The summed E-state index contributed by atoms with van der Waals surface area (Å²) >= 11 is 0. The number of H-pyrrole nitrogens is 1. The first-order valence-corrected chi connectivity index (χ1v) is 5.42. The summed E-state index contributed by atoms with van der Waals surface area (Å²) in [6, 6.07) is 5.98. The van der Waals surface area contributed by atoms with Crippen molar-refractivity contribution in [2.75, 3.05) is 0 Å². The second kappa shape index (κ2) is 4.00. The van der Waals surface area contributed by atoms with Crippen molar-refractivity contribution in [1.29, 1.82) is 0 Å². The van der Waals surface area contributed by atoms with Crippen LogP contribution in [0, 0.1) is 6.92 Å². The highest BCUT2D eigenvalue weighted by Crippen LogP contribution is 2.25. The molecule has 0 aliphatic heterocycles. The Morgan fingerprint density at radius 2 is 2.19 bits per heavy atom. The summed E-state index contributed by atoms with van der Waals surface area (Å²) in [7, 11) is 0. The molecule has 0 unspecified atom stereocenters. The molecule has 16 heavy (non-hydrogen) atoms. The number of aliphatic carboxylic acids is 1. The predicted octanol–water partition coefficient (Wildman–Crippen LogP) is 1.33. The molecule has 0 aliphatic carbocycles. The standard InChI is InChI=1S/C13H15NO2/c1-3-9-5-4-6-10-11(7-12(15)16)8(2)14-13(9)10/h4-6,14H,3,7H2,1-2H3,(H,15,16)/p-1. The number of para-hydroxylation sites is 1. The molecule has 2 rings (SSSR count). The largest absolute Gasteiger partial charge is 0.550 e. The highest BCUT2D eigenvalue weighted by molar-refractivity contribution is 5.90. The average Bonchev–Trinajstić information content (AvgIpc) is 2.55. The molecule has 1 N–H and O–H groups in total. The second-order valence-electron chi connectivity index (χ2n) is 3.97. The lowest BCUT2D eigenvalue weighted by Crippen LogP contribution is -2.24. The minimum Gasteiger partial charge on any atom is -0.550 e. The monoisotopic (exact) mass is 216 g/mol. The van der Waals surface area contributed by atoms with Crippen molar-refractivity contribution in [3.8, 4) is 0 Å². The van der Waals surface area contributed by atoms with E-state index in [4.69, 9.17) is 0 Å². The van der Waals surface area contributed by atoms with E-state index in [2.05, 4.69) is 18.0 Å². The Morgan fingerprint density at radius 3 is 2.81 bits per heavy atom. The van der Waals surface area contributed by atoms with Crippen molar-refractivity contribution >= 4 is 16.9 Å². The molecule has 2 aromatic rings. The summed E-state index contributed by atoms with van der Waals surface area (Å²) in [4.78, 5) is 14.0. The van der Waals surface area contributed by atoms with E-state index in [-0.39, 0.29) is 6.42 Å². The number of carbonyl (C=O) groups is 1. The van der Waals surface area contributed by atoms with E-state index < -0.39 is 5.97 Å². The molecule has 1 heterocycles. The summed E-state index contributed by atoms with van der Waals surface area (Å²) in [6.45, 7) is 3.99. The normalized spacial score (nSPS) is 10.9. The molecule has 0 aliphatic rings. The van der Waals surface area contributed by atoms with E-state index in [1.165, 1.54) is 5.56 Å². The smallest absolute Gasteiger partial charge is 0.0491 e. The van der Waals surface area contributed by atoms with Gasteiger partial charge in [-0.25, -0.2) is 0 Å². The van der Waals surface area contributed by atoms with Gasteiger partial charge in [0, 0.05) is 29.0 Å². The SMILES string of the molecule is CCc1cccc2c(CC(=O)[O-])c(C)[nH]c12. The van der Waals surface area contributed by atoms with Crippen molar-refractivity contribution in [3.63, 3.8) is 0 Å². The fraction of sp³-hybridized carbons (Fsp3) is 0.308. The summed E-state index contributed by atoms with van der Waals surface area (Å²) in [5, 5.41) is 11.7. The first-order valence-electron chi connectivity index (χ1n) is 5.42. The Hall–Kier alpha value is -1.77. The predicted molar refractivity (Wildman–Crippen MR) is 61.1 cm³/mol. The van der Waals surface area contributed by atoms with Crippen molar-refractivity contribution in [2.24, 2.45) is 0 Å². The number of carbonyl (C=O) groups excluding carboxylic acids is 1. The zero-order valence-electron chi connectivity index (χ0n) is 9.46. The highest BCUT2D eigenvalue weighted by Gasteiger charge is 2.10. The maximum Gasteiger partial charge on any atom is 0.0491 e. The van der Waals surface area contributed by atoms with Crippen LogP contribution >= 0.6 is 0 Å². The topological polar surface area (TPSA) is 55.9 Å². The number of fused-ring (bicyclic) bond motifs is 1. The average molecular weight is 216 g/mol. The zero-order chi connectivity index (χ0) is 11.7. The summed E-state index contributed by atoms with van der Waals surface area (Å²) in [5.74, 6) is -1.04. The molecule has 0 bridgehead atoms. The molecule has 84 valence electrons. The van der Waals surface area contributed by atoms with E-state index >= 15 is 0 Å². The summed E-state index contributed by atoms with van der Waals surface area (Å²) in [6.07, 6.45) is 0.904. The third-order valence-corrected chi connectivity index (χ3v) is 2.94. The van der Waals surface area contributed by atoms with Gasteiger partial charge in [-0.3, -0.25) is 0 Å². The summed E-state index contributed by atoms with van der Waals surface area (Å²) in [5.41, 5.74) is 4.02. The number of aryl methyl sites for hydroxylation is 2. The minimum atomic E-state index is -1.04. The fourth-order valence-corrected chi connectivity index (χ4v) is 2.13. The number of rotatable bonds is 3. The van der Waals surface area contributed by atoms with Crippen molar-refractivity contribution in [3.05, 3.63) is 35.0 Å². The molecule has 0 amide bonds. The third kappa shape index (κ3) is 1.69. The number of nitrogens with one attached hydrogen (secondary N) is 1.